The molecule has 10 nitrogen and oxygen atoms in total. The van der Waals surface area contributed by atoms with Gasteiger partial charge in [-0.25, -0.2) is 10.1 Å². The smallest absolute Gasteiger partial charge is 0.229 e. The lowest BCUT2D eigenvalue weighted by molar-refractivity contribution is 0.130. The first-order valence-corrected chi connectivity index (χ1v) is 10.2. The van der Waals surface area contributed by atoms with Crippen molar-refractivity contribution in [2.24, 2.45) is 5.92 Å². The highest BCUT2D eigenvalue weighted by Crippen LogP contribution is 2.35. The van der Waals surface area contributed by atoms with E-state index < -0.39 is 0 Å². The summed E-state index contributed by atoms with van der Waals surface area (Å²) in [5.74, 6) is 1.50. The first-order chi connectivity index (χ1) is 14.8. The van der Waals surface area contributed by atoms with Gasteiger partial charge in [0.15, 0.2) is 5.82 Å². The Morgan fingerprint density at radius 1 is 1.19 bits per heavy atom. The van der Waals surface area contributed by atoms with Gasteiger partial charge in [0.05, 0.1) is 12.0 Å². The number of benzene rings is 1. The number of rotatable bonds is 5. The Morgan fingerprint density at radius 2 is 2.03 bits per heavy atom. The maximum Gasteiger partial charge on any atom is 0.229 e. The fourth-order valence-electron chi connectivity index (χ4n) is 4.40. The Hall–Kier alpha value is -3.58. The molecule has 1 aromatic carbocycles. The summed E-state index contributed by atoms with van der Waals surface area (Å²) >= 11 is 0. The zero-order valence-corrected chi connectivity index (χ0v) is 18.0. The van der Waals surface area contributed by atoms with Crippen LogP contribution < -0.4 is 16.0 Å². The van der Waals surface area contributed by atoms with Crippen molar-refractivity contribution in [3.63, 3.8) is 0 Å². The molecule has 31 heavy (non-hydrogen) atoms. The fourth-order valence-corrected chi connectivity index (χ4v) is 4.40. The normalized spacial score (nSPS) is 21.8. The second-order valence-corrected chi connectivity index (χ2v) is 9.01. The molecule has 3 aromatic rings. The average molecular weight is 419 g/mol. The van der Waals surface area contributed by atoms with Gasteiger partial charge < -0.3 is 16.0 Å². The van der Waals surface area contributed by atoms with Gasteiger partial charge in [0.25, 0.3) is 0 Å². The molecule has 0 amide bonds. The van der Waals surface area contributed by atoms with Crippen LogP contribution in [0, 0.1) is 17.2 Å². The maximum atomic E-state index is 9.81. The number of tetrazole rings is 1. The van der Waals surface area contributed by atoms with E-state index in [1.807, 2.05) is 30.3 Å². The van der Waals surface area contributed by atoms with Gasteiger partial charge in [-0.1, -0.05) is 12.1 Å². The molecule has 4 N–H and O–H groups in total. The zero-order chi connectivity index (χ0) is 22.1. The van der Waals surface area contributed by atoms with Gasteiger partial charge >= 0.3 is 0 Å². The monoisotopic (exact) mass is 418 g/mol. The van der Waals surface area contributed by atoms with Gasteiger partial charge in [-0.15, -0.1) is 5.10 Å². The number of nitrogens with one attached hydrogen (secondary N) is 4. The molecule has 1 aliphatic heterocycles. The van der Waals surface area contributed by atoms with Gasteiger partial charge in [-0.3, -0.25) is 0 Å². The molecule has 3 heterocycles. The van der Waals surface area contributed by atoms with Crippen molar-refractivity contribution in [2.45, 2.75) is 51.2 Å². The number of piperidine rings is 1. The lowest BCUT2D eigenvalue weighted by Crippen LogP contribution is -2.65. The number of nitrogens with zero attached hydrogens (tertiary/aromatic N) is 6. The predicted molar refractivity (Wildman–Crippen MR) is 117 cm³/mol. The number of aromatic nitrogens is 6. The molecule has 0 spiro atoms. The minimum absolute atomic E-state index is 0.0405. The van der Waals surface area contributed by atoms with Crippen molar-refractivity contribution in [3.05, 3.63) is 36.5 Å². The summed E-state index contributed by atoms with van der Waals surface area (Å²) in [6.07, 6.45) is 2.50. The van der Waals surface area contributed by atoms with E-state index in [9.17, 15) is 5.26 Å². The third kappa shape index (κ3) is 4.62. The van der Waals surface area contributed by atoms with Crippen LogP contribution in [-0.2, 0) is 0 Å². The minimum atomic E-state index is -0.321. The lowest BCUT2D eigenvalue weighted by atomic mass is 9.72. The van der Waals surface area contributed by atoms with E-state index in [1.54, 1.807) is 6.20 Å². The molecule has 1 fully saturated rings. The Balaban J connectivity index is 1.52. The quantitative estimate of drug-likeness (QED) is 0.492. The number of hydrogen-bond acceptors (Lipinski definition) is 9. The largest absolute Gasteiger partial charge is 0.366 e. The Bertz CT molecular complexity index is 1080. The first-order valence-electron chi connectivity index (χ1n) is 10.2. The van der Waals surface area contributed by atoms with Gasteiger partial charge in [0, 0.05) is 34.6 Å². The number of H-pyrrole nitrogens is 1. The highest BCUT2D eigenvalue weighted by Gasteiger charge is 2.46. The Labute approximate surface area is 180 Å². The van der Waals surface area contributed by atoms with E-state index in [0.29, 0.717) is 17.6 Å². The number of anilines is 3. The Morgan fingerprint density at radius 3 is 2.77 bits per heavy atom. The van der Waals surface area contributed by atoms with Crippen molar-refractivity contribution in [2.75, 3.05) is 10.6 Å². The van der Waals surface area contributed by atoms with Crippen molar-refractivity contribution >= 4 is 17.5 Å². The van der Waals surface area contributed by atoms with E-state index in [-0.39, 0.29) is 23.0 Å². The van der Waals surface area contributed by atoms with E-state index in [0.717, 1.165) is 17.7 Å². The second kappa shape index (κ2) is 7.92. The van der Waals surface area contributed by atoms with Crippen molar-refractivity contribution in [1.29, 1.82) is 5.26 Å². The first kappa shape index (κ1) is 20.7. The molecule has 2 aromatic heterocycles. The molecule has 1 aliphatic rings. The van der Waals surface area contributed by atoms with Crippen LogP contribution in [0.2, 0.25) is 0 Å². The number of nitriles is 1. The molecule has 0 aliphatic carbocycles. The van der Waals surface area contributed by atoms with E-state index in [1.165, 1.54) is 0 Å². The van der Waals surface area contributed by atoms with Gasteiger partial charge in [-0.2, -0.15) is 10.2 Å². The highest BCUT2D eigenvalue weighted by molar-refractivity contribution is 5.65. The summed E-state index contributed by atoms with van der Waals surface area (Å²) in [4.78, 5) is 8.94. The van der Waals surface area contributed by atoms with Crippen LogP contribution in [0.5, 0.6) is 0 Å². The standard InChI is InChI=1S/C21H26N10/c1-20(2)11-16(15(12-22)21(3,4)29-20)25-17-8-9-23-19(26-17)24-14-7-5-6-13(10-14)18-27-30-31-28-18/h5-10,15-16,29H,11H2,1-4H3,(H2,23,24,25,26)(H,27,28,30,31). The van der Waals surface area contributed by atoms with Crippen LogP contribution in [0.3, 0.4) is 0 Å². The lowest BCUT2D eigenvalue weighted by Gasteiger charge is -2.49. The molecule has 160 valence electrons. The summed E-state index contributed by atoms with van der Waals surface area (Å²) in [5.41, 5.74) is 1.24. The van der Waals surface area contributed by atoms with Crippen LogP contribution in [0.15, 0.2) is 36.5 Å². The topological polar surface area (TPSA) is 140 Å². The molecule has 1 saturated heterocycles. The molecule has 0 bridgehead atoms. The highest BCUT2D eigenvalue weighted by atomic mass is 15.5. The Kier molecular flexibility index (Phi) is 5.29. The van der Waals surface area contributed by atoms with E-state index >= 15 is 0 Å². The molecule has 10 heteroatoms. The summed E-state index contributed by atoms with van der Waals surface area (Å²) < 4.78 is 0. The van der Waals surface area contributed by atoms with Crippen LogP contribution in [0.1, 0.15) is 34.1 Å². The van der Waals surface area contributed by atoms with Crippen molar-refractivity contribution in [3.8, 4) is 17.5 Å². The van der Waals surface area contributed by atoms with Crippen LogP contribution in [-0.4, -0.2) is 47.7 Å². The molecule has 0 saturated carbocycles. The van der Waals surface area contributed by atoms with E-state index in [2.05, 4.69) is 80.3 Å². The molecule has 2 unspecified atom stereocenters. The van der Waals surface area contributed by atoms with Crippen molar-refractivity contribution in [1.82, 2.24) is 35.9 Å². The molecule has 0 radical (unpaired) electrons. The van der Waals surface area contributed by atoms with Crippen LogP contribution in [0.25, 0.3) is 11.4 Å². The van der Waals surface area contributed by atoms with Crippen LogP contribution >= 0.6 is 0 Å². The summed E-state index contributed by atoms with van der Waals surface area (Å²) in [5, 5.41) is 34.0. The number of hydrogen-bond donors (Lipinski definition) is 4. The summed E-state index contributed by atoms with van der Waals surface area (Å²) in [7, 11) is 0. The zero-order valence-electron chi connectivity index (χ0n) is 18.0. The fraction of sp³-hybridized carbons (Fsp3) is 0.429. The SMILES string of the molecule is CC1(C)CC(Nc2ccnc(Nc3cccc(-c4nnn[nH]4)c3)n2)C(C#N)C(C)(C)N1. The third-order valence-electron chi connectivity index (χ3n) is 5.44. The minimum Gasteiger partial charge on any atom is -0.366 e. The predicted octanol–water partition coefficient (Wildman–Crippen LogP) is 2.87. The second-order valence-electron chi connectivity index (χ2n) is 9.01. The van der Waals surface area contributed by atoms with Gasteiger partial charge in [0.2, 0.25) is 5.95 Å². The average Bonchev–Trinajstić information content (AvgIpc) is 3.21. The van der Waals surface area contributed by atoms with E-state index in [4.69, 9.17) is 0 Å². The molecular weight excluding hydrogens is 392 g/mol. The van der Waals surface area contributed by atoms with Crippen LogP contribution in [0.4, 0.5) is 17.5 Å². The number of aromatic amines is 1. The van der Waals surface area contributed by atoms with Gasteiger partial charge in [0.1, 0.15) is 5.82 Å². The summed E-state index contributed by atoms with van der Waals surface area (Å²) in [6, 6.07) is 11.9. The van der Waals surface area contributed by atoms with Gasteiger partial charge in [-0.05, 0) is 62.7 Å². The maximum absolute atomic E-state index is 9.81. The molecule has 2 atom stereocenters. The third-order valence-corrected chi connectivity index (χ3v) is 5.44. The van der Waals surface area contributed by atoms with Crippen molar-refractivity contribution < 1.29 is 0 Å². The molecular formula is C21H26N10. The molecule has 4 rings (SSSR count). The summed E-state index contributed by atoms with van der Waals surface area (Å²) in [6.45, 7) is 8.45.